The minimum atomic E-state index is -0.199. The zero-order valence-corrected chi connectivity index (χ0v) is 7.93. The van der Waals surface area contributed by atoms with Crippen molar-refractivity contribution < 1.29 is 9.13 Å². The molecule has 1 N–H and O–H groups in total. The minimum Gasteiger partial charge on any atom is -0.497 e. The van der Waals surface area contributed by atoms with Crippen LogP contribution in [-0.2, 0) is 6.42 Å². The molecule has 0 radical (unpaired) electrons. The molecule has 0 amide bonds. The Morgan fingerprint density at radius 3 is 2.77 bits per heavy atom. The molecule has 0 heterocycles. The van der Waals surface area contributed by atoms with Gasteiger partial charge in [-0.2, -0.15) is 0 Å². The zero-order valence-electron chi connectivity index (χ0n) is 7.93. The molecule has 0 aliphatic carbocycles. The first-order chi connectivity index (χ1) is 6.27. The van der Waals surface area contributed by atoms with Crippen molar-refractivity contribution in [3.05, 3.63) is 29.6 Å². The van der Waals surface area contributed by atoms with Gasteiger partial charge < -0.3 is 10.1 Å². The van der Waals surface area contributed by atoms with Crippen molar-refractivity contribution in [2.45, 2.75) is 6.42 Å². The summed E-state index contributed by atoms with van der Waals surface area (Å²) in [7, 11) is 3.38. The van der Waals surface area contributed by atoms with Crippen LogP contribution in [0.5, 0.6) is 5.75 Å². The van der Waals surface area contributed by atoms with Crippen LogP contribution in [-0.4, -0.2) is 20.7 Å². The molecule has 0 saturated carbocycles. The van der Waals surface area contributed by atoms with Crippen LogP contribution >= 0.6 is 0 Å². The van der Waals surface area contributed by atoms with Gasteiger partial charge in [-0.3, -0.25) is 0 Å². The molecule has 1 aromatic rings. The zero-order chi connectivity index (χ0) is 9.68. The molecule has 1 rings (SSSR count). The van der Waals surface area contributed by atoms with Gasteiger partial charge in [0, 0.05) is 6.07 Å². The Bertz CT molecular complexity index is 276. The minimum absolute atomic E-state index is 0.199. The van der Waals surface area contributed by atoms with Gasteiger partial charge in [0.2, 0.25) is 0 Å². The molecule has 1 aromatic carbocycles. The third kappa shape index (κ3) is 2.70. The summed E-state index contributed by atoms with van der Waals surface area (Å²) in [5.41, 5.74) is 0.718. The van der Waals surface area contributed by atoms with Gasteiger partial charge in [0.05, 0.1) is 7.11 Å². The van der Waals surface area contributed by atoms with Crippen molar-refractivity contribution in [1.82, 2.24) is 5.32 Å². The number of benzene rings is 1. The Morgan fingerprint density at radius 2 is 2.23 bits per heavy atom. The van der Waals surface area contributed by atoms with Crippen molar-refractivity contribution in [2.24, 2.45) is 0 Å². The second-order valence-electron chi connectivity index (χ2n) is 2.81. The highest BCUT2D eigenvalue weighted by Gasteiger charge is 2.02. The molecule has 0 aliphatic rings. The summed E-state index contributed by atoms with van der Waals surface area (Å²) in [6.45, 7) is 0.781. The Labute approximate surface area is 77.7 Å². The lowest BCUT2D eigenvalue weighted by Gasteiger charge is -2.04. The van der Waals surface area contributed by atoms with Crippen LogP contribution in [0.3, 0.4) is 0 Å². The number of hydrogen-bond donors (Lipinski definition) is 1. The molecule has 2 nitrogen and oxygen atoms in total. The number of likely N-dealkylation sites (N-methyl/N-ethyl adjacent to an activating group) is 1. The first-order valence-corrected chi connectivity index (χ1v) is 4.25. The SMILES string of the molecule is CNCCc1ccc(OC)cc1F. The highest BCUT2D eigenvalue weighted by molar-refractivity contribution is 5.28. The lowest BCUT2D eigenvalue weighted by atomic mass is 10.1. The van der Waals surface area contributed by atoms with Crippen LogP contribution in [0.2, 0.25) is 0 Å². The van der Waals surface area contributed by atoms with Gasteiger partial charge in [-0.1, -0.05) is 6.07 Å². The first kappa shape index (κ1) is 9.99. The highest BCUT2D eigenvalue weighted by atomic mass is 19.1. The van der Waals surface area contributed by atoms with Crippen LogP contribution in [0.15, 0.2) is 18.2 Å². The fourth-order valence-electron chi connectivity index (χ4n) is 1.12. The van der Waals surface area contributed by atoms with Crippen LogP contribution in [0.1, 0.15) is 5.56 Å². The maximum Gasteiger partial charge on any atom is 0.130 e. The Kier molecular flexibility index (Phi) is 3.71. The molecule has 0 aromatic heterocycles. The molecule has 72 valence electrons. The Balaban J connectivity index is 2.73. The number of methoxy groups -OCH3 is 1. The predicted octanol–water partition coefficient (Wildman–Crippen LogP) is 1.60. The van der Waals surface area contributed by atoms with Crippen LogP contribution < -0.4 is 10.1 Å². The van der Waals surface area contributed by atoms with Gasteiger partial charge in [-0.25, -0.2) is 4.39 Å². The van der Waals surface area contributed by atoms with E-state index in [1.807, 2.05) is 7.05 Å². The van der Waals surface area contributed by atoms with Crippen molar-refractivity contribution >= 4 is 0 Å². The van der Waals surface area contributed by atoms with Crippen LogP contribution in [0, 0.1) is 5.82 Å². The van der Waals surface area contributed by atoms with Crippen molar-refractivity contribution in [1.29, 1.82) is 0 Å². The molecular formula is C10H14FNO. The average molecular weight is 183 g/mol. The summed E-state index contributed by atoms with van der Waals surface area (Å²) in [6, 6.07) is 4.94. The maximum absolute atomic E-state index is 13.3. The van der Waals surface area contributed by atoms with E-state index in [0.717, 1.165) is 12.1 Å². The molecule has 0 bridgehead atoms. The lowest BCUT2D eigenvalue weighted by Crippen LogP contribution is -2.11. The molecule has 0 saturated heterocycles. The molecule has 0 fully saturated rings. The van der Waals surface area contributed by atoms with Gasteiger partial charge in [0.25, 0.3) is 0 Å². The van der Waals surface area contributed by atoms with Crippen LogP contribution in [0.25, 0.3) is 0 Å². The fraction of sp³-hybridized carbons (Fsp3) is 0.400. The van der Waals surface area contributed by atoms with E-state index in [-0.39, 0.29) is 5.82 Å². The maximum atomic E-state index is 13.3. The van der Waals surface area contributed by atoms with Crippen molar-refractivity contribution in [3.8, 4) is 5.75 Å². The largest absolute Gasteiger partial charge is 0.497 e. The predicted molar refractivity (Wildman–Crippen MR) is 50.6 cm³/mol. The number of ether oxygens (including phenoxy) is 1. The first-order valence-electron chi connectivity index (χ1n) is 4.25. The second-order valence-corrected chi connectivity index (χ2v) is 2.81. The van der Waals surface area contributed by atoms with Crippen molar-refractivity contribution in [2.75, 3.05) is 20.7 Å². The molecular weight excluding hydrogens is 169 g/mol. The monoisotopic (exact) mass is 183 g/mol. The van der Waals surface area contributed by atoms with E-state index >= 15 is 0 Å². The van der Waals surface area contributed by atoms with E-state index in [0.29, 0.717) is 12.2 Å². The number of rotatable bonds is 4. The topological polar surface area (TPSA) is 21.3 Å². The summed E-state index contributed by atoms with van der Waals surface area (Å²) in [5, 5.41) is 2.97. The van der Waals surface area contributed by atoms with E-state index in [4.69, 9.17) is 4.74 Å². The highest BCUT2D eigenvalue weighted by Crippen LogP contribution is 2.16. The van der Waals surface area contributed by atoms with Gasteiger partial charge in [-0.05, 0) is 31.6 Å². The van der Waals surface area contributed by atoms with E-state index in [9.17, 15) is 4.39 Å². The number of nitrogens with one attached hydrogen (secondary N) is 1. The van der Waals surface area contributed by atoms with Gasteiger partial charge in [-0.15, -0.1) is 0 Å². The van der Waals surface area contributed by atoms with E-state index in [1.54, 1.807) is 12.1 Å². The van der Waals surface area contributed by atoms with E-state index in [2.05, 4.69) is 5.32 Å². The number of hydrogen-bond acceptors (Lipinski definition) is 2. The molecule has 0 spiro atoms. The van der Waals surface area contributed by atoms with E-state index in [1.165, 1.54) is 13.2 Å². The van der Waals surface area contributed by atoms with E-state index < -0.39 is 0 Å². The Morgan fingerprint density at radius 1 is 1.46 bits per heavy atom. The van der Waals surface area contributed by atoms with Crippen LogP contribution in [0.4, 0.5) is 4.39 Å². The van der Waals surface area contributed by atoms with Gasteiger partial charge in [0.1, 0.15) is 11.6 Å². The third-order valence-electron chi connectivity index (χ3n) is 1.90. The quantitative estimate of drug-likeness (QED) is 0.765. The molecule has 0 unspecified atom stereocenters. The second kappa shape index (κ2) is 4.82. The summed E-state index contributed by atoms with van der Waals surface area (Å²) < 4.78 is 18.2. The van der Waals surface area contributed by atoms with Gasteiger partial charge in [0.15, 0.2) is 0 Å². The standard InChI is InChI=1S/C10H14FNO/c1-12-6-5-8-3-4-9(13-2)7-10(8)11/h3-4,7,12H,5-6H2,1-2H3. The van der Waals surface area contributed by atoms with Gasteiger partial charge >= 0.3 is 0 Å². The molecule has 3 heteroatoms. The summed E-state index contributed by atoms with van der Waals surface area (Å²) in [4.78, 5) is 0. The average Bonchev–Trinajstić information content (AvgIpc) is 2.16. The molecule has 13 heavy (non-hydrogen) atoms. The van der Waals surface area contributed by atoms with Crippen molar-refractivity contribution in [3.63, 3.8) is 0 Å². The lowest BCUT2D eigenvalue weighted by molar-refractivity contribution is 0.410. The summed E-state index contributed by atoms with van der Waals surface area (Å²) >= 11 is 0. The number of halogens is 1. The smallest absolute Gasteiger partial charge is 0.130 e. The molecule has 0 aliphatic heterocycles. The fourth-order valence-corrected chi connectivity index (χ4v) is 1.12. The third-order valence-corrected chi connectivity index (χ3v) is 1.90. The normalized spacial score (nSPS) is 10.1. The molecule has 0 atom stereocenters. The summed E-state index contributed by atoms with van der Waals surface area (Å²) in [6.07, 6.45) is 0.701. The summed E-state index contributed by atoms with van der Waals surface area (Å²) in [5.74, 6) is 0.361. The Hall–Kier alpha value is -1.09.